The molecule has 2 aromatic heterocycles. The molecule has 2 aromatic carbocycles. The number of hydrogen-bond acceptors (Lipinski definition) is 6. The van der Waals surface area contributed by atoms with Crippen molar-refractivity contribution in [2.45, 2.75) is 51.9 Å². The number of likely N-dealkylation sites (tertiary alicyclic amines) is 1. The number of piperidine rings is 1. The summed E-state index contributed by atoms with van der Waals surface area (Å²) in [6.45, 7) is 7.15. The summed E-state index contributed by atoms with van der Waals surface area (Å²) in [7, 11) is 1.91. The first-order valence-corrected chi connectivity index (χ1v) is 14.3. The summed E-state index contributed by atoms with van der Waals surface area (Å²) in [5.41, 5.74) is 1.71. The van der Waals surface area contributed by atoms with Gasteiger partial charge in [-0.15, -0.1) is 11.3 Å². The Balaban J connectivity index is 1.13. The highest BCUT2D eigenvalue weighted by atomic mass is 32.1. The summed E-state index contributed by atoms with van der Waals surface area (Å²) in [6.07, 6.45) is 1.27. The molecule has 1 saturated heterocycles. The van der Waals surface area contributed by atoms with E-state index in [1.165, 1.54) is 0 Å². The average Bonchev–Trinajstić information content (AvgIpc) is 3.51. The zero-order valence-corrected chi connectivity index (χ0v) is 24.1. The predicted octanol–water partition coefficient (Wildman–Crippen LogP) is 6.85. The minimum absolute atomic E-state index is 0.0426. The third-order valence-corrected chi connectivity index (χ3v) is 7.75. The number of fused-ring (bicyclic) bond motifs is 1. The molecule has 1 aliphatic rings. The highest BCUT2D eigenvalue weighted by Crippen LogP contribution is 2.27. The van der Waals surface area contributed by atoms with Crippen LogP contribution in [0, 0.1) is 0 Å². The summed E-state index contributed by atoms with van der Waals surface area (Å²) in [5, 5.41) is 6.13. The molecule has 3 heterocycles. The van der Waals surface area contributed by atoms with E-state index < -0.39 is 5.60 Å². The van der Waals surface area contributed by atoms with Gasteiger partial charge in [0, 0.05) is 49.6 Å². The number of carbonyl (C=O) groups is 2. The molecule has 0 saturated carbocycles. The number of anilines is 1. The van der Waals surface area contributed by atoms with Crippen LogP contribution in [0.3, 0.4) is 0 Å². The molecule has 0 unspecified atom stereocenters. The minimum Gasteiger partial charge on any atom is -0.490 e. The quantitative estimate of drug-likeness (QED) is 0.267. The van der Waals surface area contributed by atoms with E-state index in [9.17, 15) is 9.59 Å². The van der Waals surface area contributed by atoms with Crippen LogP contribution in [0.2, 0.25) is 0 Å². The molecule has 210 valence electrons. The molecule has 1 aliphatic heterocycles. The molecular formula is C31H35N3O5S. The van der Waals surface area contributed by atoms with Crippen molar-refractivity contribution in [3.63, 3.8) is 0 Å². The van der Waals surface area contributed by atoms with Crippen molar-refractivity contribution >= 4 is 39.2 Å². The molecule has 8 nitrogen and oxygen atoms in total. The Bertz CT molecular complexity index is 1480. The van der Waals surface area contributed by atoms with Crippen LogP contribution >= 0.6 is 11.3 Å². The van der Waals surface area contributed by atoms with Gasteiger partial charge in [0.05, 0.1) is 0 Å². The van der Waals surface area contributed by atoms with Gasteiger partial charge in [0.1, 0.15) is 40.3 Å². The maximum atomic E-state index is 13.0. The number of nitrogens with one attached hydrogen (secondary N) is 1. The smallest absolute Gasteiger partial charge is 0.410 e. The largest absolute Gasteiger partial charge is 0.490 e. The average molecular weight is 562 g/mol. The van der Waals surface area contributed by atoms with Crippen LogP contribution in [0.15, 0.2) is 66.0 Å². The molecule has 4 aromatic rings. The van der Waals surface area contributed by atoms with Crippen molar-refractivity contribution in [3.05, 3.63) is 77.3 Å². The van der Waals surface area contributed by atoms with E-state index in [1.54, 1.807) is 16.2 Å². The third-order valence-electron chi connectivity index (χ3n) is 6.75. The molecule has 9 heteroatoms. The SMILES string of the molecule is Cn1c(C(=O)Nc2ccccc2COc2ccc(OC3CCN(C(=O)OC(C)(C)C)CC3)cc2)cc2ccsc21. The molecule has 1 fully saturated rings. The van der Waals surface area contributed by atoms with E-state index in [4.69, 9.17) is 14.2 Å². The maximum Gasteiger partial charge on any atom is 0.410 e. The lowest BCUT2D eigenvalue weighted by Crippen LogP contribution is -2.44. The number of nitrogens with zero attached hydrogens (tertiary/aromatic N) is 2. The lowest BCUT2D eigenvalue weighted by atomic mass is 10.1. The zero-order valence-electron chi connectivity index (χ0n) is 23.3. The van der Waals surface area contributed by atoms with Crippen molar-refractivity contribution in [2.75, 3.05) is 18.4 Å². The number of ether oxygens (including phenoxy) is 3. The fourth-order valence-electron chi connectivity index (χ4n) is 4.67. The van der Waals surface area contributed by atoms with Gasteiger partial charge in [0.2, 0.25) is 0 Å². The van der Waals surface area contributed by atoms with Gasteiger partial charge in [0.15, 0.2) is 0 Å². The number of hydrogen-bond donors (Lipinski definition) is 1. The number of thiophene rings is 1. The second-order valence-electron chi connectivity index (χ2n) is 10.9. The van der Waals surface area contributed by atoms with Crippen LogP contribution in [0.4, 0.5) is 10.5 Å². The van der Waals surface area contributed by atoms with Gasteiger partial charge in [-0.1, -0.05) is 18.2 Å². The van der Waals surface area contributed by atoms with Crippen LogP contribution in [-0.4, -0.2) is 46.3 Å². The van der Waals surface area contributed by atoms with Gasteiger partial charge >= 0.3 is 6.09 Å². The Labute approximate surface area is 238 Å². The summed E-state index contributed by atoms with van der Waals surface area (Å²) in [5.74, 6) is 1.31. The number of para-hydroxylation sites is 1. The Morgan fingerprint density at radius 3 is 2.40 bits per heavy atom. The predicted molar refractivity (Wildman–Crippen MR) is 157 cm³/mol. The first-order valence-electron chi connectivity index (χ1n) is 13.5. The summed E-state index contributed by atoms with van der Waals surface area (Å²) >= 11 is 1.62. The minimum atomic E-state index is -0.496. The van der Waals surface area contributed by atoms with Crippen LogP contribution in [0.1, 0.15) is 49.7 Å². The van der Waals surface area contributed by atoms with E-state index in [0.717, 1.165) is 40.1 Å². The number of amides is 2. The normalized spacial score (nSPS) is 14.2. The van der Waals surface area contributed by atoms with Gasteiger partial charge in [-0.3, -0.25) is 4.79 Å². The summed E-state index contributed by atoms with van der Waals surface area (Å²) in [6, 6.07) is 19.1. The highest BCUT2D eigenvalue weighted by molar-refractivity contribution is 7.16. The van der Waals surface area contributed by atoms with Gasteiger partial charge in [-0.05, 0) is 68.6 Å². The first kappa shape index (κ1) is 27.6. The van der Waals surface area contributed by atoms with Crippen LogP contribution in [0.5, 0.6) is 11.5 Å². The first-order chi connectivity index (χ1) is 19.2. The van der Waals surface area contributed by atoms with Gasteiger partial charge in [0.25, 0.3) is 5.91 Å². The number of benzene rings is 2. The fraction of sp³-hybridized carbons (Fsp3) is 0.355. The fourth-order valence-corrected chi connectivity index (χ4v) is 5.53. The second kappa shape index (κ2) is 11.6. The van der Waals surface area contributed by atoms with Crippen molar-refractivity contribution < 1.29 is 23.8 Å². The van der Waals surface area contributed by atoms with E-state index in [0.29, 0.717) is 31.1 Å². The number of rotatable bonds is 7. The van der Waals surface area contributed by atoms with Crippen LogP contribution in [-0.2, 0) is 18.4 Å². The molecule has 0 radical (unpaired) electrons. The molecular weight excluding hydrogens is 526 g/mol. The van der Waals surface area contributed by atoms with E-state index >= 15 is 0 Å². The topological polar surface area (TPSA) is 82.0 Å². The summed E-state index contributed by atoms with van der Waals surface area (Å²) < 4.78 is 19.6. The van der Waals surface area contributed by atoms with E-state index in [2.05, 4.69) is 5.32 Å². The second-order valence-corrected chi connectivity index (χ2v) is 11.8. The van der Waals surface area contributed by atoms with Crippen molar-refractivity contribution in [1.29, 1.82) is 0 Å². The lowest BCUT2D eigenvalue weighted by Gasteiger charge is -2.33. The maximum absolute atomic E-state index is 13.0. The van der Waals surface area contributed by atoms with Crippen LogP contribution < -0.4 is 14.8 Å². The molecule has 0 atom stereocenters. The Morgan fingerprint density at radius 2 is 1.70 bits per heavy atom. The molecule has 0 aliphatic carbocycles. The van der Waals surface area contributed by atoms with Crippen molar-refractivity contribution in [3.8, 4) is 11.5 Å². The van der Waals surface area contributed by atoms with Gasteiger partial charge in [-0.2, -0.15) is 0 Å². The molecule has 0 bridgehead atoms. The molecule has 0 spiro atoms. The zero-order chi connectivity index (χ0) is 28.3. The standard InChI is InChI=1S/C31H35N3O5S/c1-31(2,3)39-30(36)34-16-13-25(14-17-34)38-24-11-9-23(10-12-24)37-20-22-7-5-6-8-26(22)32-28(35)27-19-21-15-18-40-29(21)33(27)4/h5-12,15,18-19,25H,13-14,16-17,20H2,1-4H3,(H,32,35). The monoisotopic (exact) mass is 561 g/mol. The number of carbonyl (C=O) groups excluding carboxylic acids is 2. The van der Waals surface area contributed by atoms with Gasteiger partial charge < -0.3 is 29.0 Å². The number of aromatic nitrogens is 1. The lowest BCUT2D eigenvalue weighted by molar-refractivity contribution is 0.0126. The molecule has 1 N–H and O–H groups in total. The van der Waals surface area contributed by atoms with E-state index in [-0.39, 0.29) is 18.1 Å². The Morgan fingerprint density at radius 1 is 1.00 bits per heavy atom. The van der Waals surface area contributed by atoms with Gasteiger partial charge in [-0.25, -0.2) is 4.79 Å². The van der Waals surface area contributed by atoms with Crippen molar-refractivity contribution in [1.82, 2.24) is 9.47 Å². The Kier molecular flexibility index (Phi) is 8.02. The van der Waals surface area contributed by atoms with Crippen molar-refractivity contribution in [2.24, 2.45) is 7.05 Å². The Hall–Kier alpha value is -3.98. The summed E-state index contributed by atoms with van der Waals surface area (Å²) in [4.78, 5) is 28.1. The molecule has 2 amide bonds. The van der Waals surface area contributed by atoms with E-state index in [1.807, 2.05) is 98.4 Å². The molecule has 40 heavy (non-hydrogen) atoms. The third kappa shape index (κ3) is 6.59. The number of aryl methyl sites for hydroxylation is 1. The van der Waals surface area contributed by atoms with Crippen LogP contribution in [0.25, 0.3) is 10.2 Å². The highest BCUT2D eigenvalue weighted by Gasteiger charge is 2.27. The molecule has 5 rings (SSSR count).